The first-order valence-electron chi connectivity index (χ1n) is 8.02. The van der Waals surface area contributed by atoms with Crippen molar-refractivity contribution in [2.24, 2.45) is 0 Å². The zero-order chi connectivity index (χ0) is 17.9. The molecule has 0 saturated heterocycles. The van der Waals surface area contributed by atoms with Gasteiger partial charge in [-0.3, -0.25) is 19.5 Å². The first kappa shape index (κ1) is 17.9. The van der Waals surface area contributed by atoms with Gasteiger partial charge in [-0.15, -0.1) is 0 Å². The van der Waals surface area contributed by atoms with E-state index in [0.717, 1.165) is 0 Å². The van der Waals surface area contributed by atoms with Crippen LogP contribution in [-0.4, -0.2) is 16.7 Å². The number of amides is 1. The van der Waals surface area contributed by atoms with Crippen LogP contribution in [-0.2, 0) is 15.0 Å². The number of benzene rings is 1. The molecule has 0 aliphatic heterocycles. The third kappa shape index (κ3) is 3.88. The molecule has 4 nitrogen and oxygen atoms in total. The summed E-state index contributed by atoms with van der Waals surface area (Å²) >= 11 is 0. The number of pyridine rings is 1. The highest BCUT2D eigenvalue weighted by molar-refractivity contribution is 6.00. The van der Waals surface area contributed by atoms with Crippen LogP contribution in [0.15, 0.2) is 48.8 Å². The molecule has 0 radical (unpaired) electrons. The minimum atomic E-state index is -0.670. The van der Waals surface area contributed by atoms with E-state index in [9.17, 15) is 9.59 Å². The molecule has 0 saturated carbocycles. The number of carbonyl (C=O) groups excluding carboxylic acids is 2. The maximum Gasteiger partial charge on any atom is 0.224 e. The Labute approximate surface area is 143 Å². The highest BCUT2D eigenvalue weighted by Gasteiger charge is 2.28. The van der Waals surface area contributed by atoms with Gasteiger partial charge in [0, 0.05) is 30.6 Å². The standard InChI is InChI=1S/C20H24N2O2/c1-14(23)19(16-7-6-12-21-13-16)22(15(2)24)18-10-8-17(9-11-18)20(3,4)5/h6-13,19H,1-5H3. The van der Waals surface area contributed by atoms with Crippen LogP contribution in [0, 0.1) is 0 Å². The second kappa shape index (κ2) is 6.95. The lowest BCUT2D eigenvalue weighted by molar-refractivity contribution is -0.123. The molecule has 2 rings (SSSR count). The Bertz CT molecular complexity index is 716. The van der Waals surface area contributed by atoms with E-state index < -0.39 is 6.04 Å². The fraction of sp³-hybridized carbons (Fsp3) is 0.350. The van der Waals surface area contributed by atoms with Crippen LogP contribution in [0.2, 0.25) is 0 Å². The lowest BCUT2D eigenvalue weighted by Crippen LogP contribution is -2.37. The van der Waals surface area contributed by atoms with Crippen molar-refractivity contribution in [3.05, 3.63) is 59.9 Å². The Hall–Kier alpha value is -2.49. The summed E-state index contributed by atoms with van der Waals surface area (Å²) in [4.78, 5) is 30.2. The van der Waals surface area contributed by atoms with Crippen molar-refractivity contribution in [3.8, 4) is 0 Å². The van der Waals surface area contributed by atoms with Crippen LogP contribution in [0.1, 0.15) is 51.8 Å². The summed E-state index contributed by atoms with van der Waals surface area (Å²) in [5, 5.41) is 0. The molecule has 0 bridgehead atoms. The van der Waals surface area contributed by atoms with Gasteiger partial charge in [0.25, 0.3) is 0 Å². The van der Waals surface area contributed by atoms with Crippen molar-refractivity contribution in [2.75, 3.05) is 4.90 Å². The number of anilines is 1. The molecule has 4 heteroatoms. The van der Waals surface area contributed by atoms with E-state index in [1.54, 1.807) is 18.5 Å². The molecule has 0 N–H and O–H groups in total. The van der Waals surface area contributed by atoms with Gasteiger partial charge >= 0.3 is 0 Å². The fourth-order valence-corrected chi connectivity index (χ4v) is 2.74. The number of rotatable bonds is 4. The summed E-state index contributed by atoms with van der Waals surface area (Å²) in [5.74, 6) is -0.277. The molecule has 1 heterocycles. The van der Waals surface area contributed by atoms with E-state index in [0.29, 0.717) is 11.3 Å². The third-order valence-electron chi connectivity index (χ3n) is 3.99. The molecule has 1 amide bonds. The summed E-state index contributed by atoms with van der Waals surface area (Å²) in [6.07, 6.45) is 3.28. The number of carbonyl (C=O) groups is 2. The van der Waals surface area contributed by atoms with Gasteiger partial charge in [0.1, 0.15) is 6.04 Å². The van der Waals surface area contributed by atoms with Gasteiger partial charge in [-0.25, -0.2) is 0 Å². The van der Waals surface area contributed by atoms with Gasteiger partial charge in [-0.1, -0.05) is 39.0 Å². The van der Waals surface area contributed by atoms with Gasteiger partial charge in [0.15, 0.2) is 5.78 Å². The Morgan fingerprint density at radius 1 is 1.04 bits per heavy atom. The molecule has 0 aliphatic rings. The van der Waals surface area contributed by atoms with Crippen LogP contribution in [0.4, 0.5) is 5.69 Å². The molecular formula is C20H24N2O2. The van der Waals surface area contributed by atoms with Crippen molar-refractivity contribution in [2.45, 2.75) is 46.1 Å². The van der Waals surface area contributed by atoms with Crippen LogP contribution < -0.4 is 4.90 Å². The van der Waals surface area contributed by atoms with Crippen LogP contribution >= 0.6 is 0 Å². The first-order valence-corrected chi connectivity index (χ1v) is 8.02. The Kier molecular flexibility index (Phi) is 5.17. The van der Waals surface area contributed by atoms with Crippen molar-refractivity contribution < 1.29 is 9.59 Å². The Morgan fingerprint density at radius 2 is 1.67 bits per heavy atom. The summed E-state index contributed by atoms with van der Waals surface area (Å²) in [7, 11) is 0. The minimum absolute atomic E-state index is 0.0307. The van der Waals surface area contributed by atoms with Crippen LogP contribution in [0.5, 0.6) is 0 Å². The molecule has 0 fully saturated rings. The topological polar surface area (TPSA) is 50.3 Å². The smallest absolute Gasteiger partial charge is 0.224 e. The van der Waals surface area contributed by atoms with E-state index in [1.165, 1.54) is 24.3 Å². The molecule has 1 aromatic heterocycles. The van der Waals surface area contributed by atoms with E-state index >= 15 is 0 Å². The lowest BCUT2D eigenvalue weighted by Gasteiger charge is -2.30. The fourth-order valence-electron chi connectivity index (χ4n) is 2.74. The van der Waals surface area contributed by atoms with Gasteiger partial charge < -0.3 is 0 Å². The van der Waals surface area contributed by atoms with Gasteiger partial charge in [0.05, 0.1) is 0 Å². The molecule has 0 spiro atoms. The van der Waals surface area contributed by atoms with Gasteiger partial charge in [-0.05, 0) is 36.1 Å². The Balaban J connectivity index is 2.48. The van der Waals surface area contributed by atoms with Crippen molar-refractivity contribution >= 4 is 17.4 Å². The quantitative estimate of drug-likeness (QED) is 0.852. The maximum absolute atomic E-state index is 12.3. The molecule has 0 aliphatic carbocycles. The van der Waals surface area contributed by atoms with E-state index in [-0.39, 0.29) is 17.1 Å². The molecular weight excluding hydrogens is 300 g/mol. The zero-order valence-corrected chi connectivity index (χ0v) is 14.9. The van der Waals surface area contributed by atoms with Crippen LogP contribution in [0.25, 0.3) is 0 Å². The number of nitrogens with zero attached hydrogens (tertiary/aromatic N) is 2. The van der Waals surface area contributed by atoms with Crippen molar-refractivity contribution in [1.29, 1.82) is 0 Å². The summed E-state index contributed by atoms with van der Waals surface area (Å²) < 4.78 is 0. The number of ketones is 1. The SMILES string of the molecule is CC(=O)C(c1cccnc1)N(C(C)=O)c1ccc(C(C)(C)C)cc1. The highest BCUT2D eigenvalue weighted by Crippen LogP contribution is 2.30. The molecule has 1 atom stereocenters. The second-order valence-corrected chi connectivity index (χ2v) is 6.99. The first-order chi connectivity index (χ1) is 11.2. The average molecular weight is 324 g/mol. The number of Topliss-reactive ketones (excluding diaryl/α,β-unsaturated/α-hetero) is 1. The molecule has 24 heavy (non-hydrogen) atoms. The maximum atomic E-state index is 12.3. The third-order valence-corrected chi connectivity index (χ3v) is 3.99. The van der Waals surface area contributed by atoms with Gasteiger partial charge in [0.2, 0.25) is 5.91 Å². The van der Waals surface area contributed by atoms with Crippen molar-refractivity contribution in [3.63, 3.8) is 0 Å². The largest absolute Gasteiger partial charge is 0.298 e. The Morgan fingerprint density at radius 3 is 2.08 bits per heavy atom. The number of hydrogen-bond donors (Lipinski definition) is 0. The van der Waals surface area contributed by atoms with E-state index in [1.807, 2.05) is 30.3 Å². The highest BCUT2D eigenvalue weighted by atomic mass is 16.2. The second-order valence-electron chi connectivity index (χ2n) is 6.99. The number of aromatic nitrogens is 1. The van der Waals surface area contributed by atoms with Crippen LogP contribution in [0.3, 0.4) is 0 Å². The normalized spacial score (nSPS) is 12.5. The zero-order valence-electron chi connectivity index (χ0n) is 14.9. The summed E-state index contributed by atoms with van der Waals surface area (Å²) in [5.41, 5.74) is 2.62. The molecule has 2 aromatic rings. The van der Waals surface area contributed by atoms with Gasteiger partial charge in [-0.2, -0.15) is 0 Å². The number of hydrogen-bond acceptors (Lipinski definition) is 3. The van der Waals surface area contributed by atoms with E-state index in [4.69, 9.17) is 0 Å². The predicted molar refractivity (Wildman–Crippen MR) is 96.0 cm³/mol. The average Bonchev–Trinajstić information content (AvgIpc) is 2.52. The minimum Gasteiger partial charge on any atom is -0.298 e. The summed E-state index contributed by atoms with van der Waals surface area (Å²) in [6.45, 7) is 9.39. The van der Waals surface area contributed by atoms with Crippen molar-refractivity contribution in [1.82, 2.24) is 4.98 Å². The lowest BCUT2D eigenvalue weighted by atomic mass is 9.87. The monoisotopic (exact) mass is 324 g/mol. The summed E-state index contributed by atoms with van der Waals surface area (Å²) in [6, 6.07) is 10.7. The van der Waals surface area contributed by atoms with E-state index in [2.05, 4.69) is 25.8 Å². The molecule has 1 aromatic carbocycles. The molecule has 1 unspecified atom stereocenters. The molecule has 126 valence electrons. The predicted octanol–water partition coefficient (Wildman–Crippen LogP) is 4.06.